The van der Waals surface area contributed by atoms with Gasteiger partial charge in [-0.3, -0.25) is 0 Å². The van der Waals surface area contributed by atoms with Crippen molar-refractivity contribution in [1.29, 1.82) is 0 Å². The minimum absolute atomic E-state index is 0.542. The Bertz CT molecular complexity index is 660. The fraction of sp³-hybridized carbons (Fsp3) is 0.304. The first-order valence-electron chi connectivity index (χ1n) is 8.69. The Kier molecular flexibility index (Phi) is 6.40. The summed E-state index contributed by atoms with van der Waals surface area (Å²) < 4.78 is 0. The standard InChI is InChI=1S/C23H28/c1-5-18(3)22(20-13-9-7-10-14-20)17-23(19(4)6-2)21-15-11-8-12-16-21/h7-18H,5-6H2,1-4H3/b22-17+,23-19-. The molecule has 120 valence electrons. The van der Waals surface area contributed by atoms with Crippen LogP contribution in [0, 0.1) is 5.92 Å². The maximum absolute atomic E-state index is 2.41. The van der Waals surface area contributed by atoms with Gasteiger partial charge in [0.2, 0.25) is 0 Å². The number of rotatable bonds is 6. The molecule has 1 unspecified atom stereocenters. The number of hydrogen-bond acceptors (Lipinski definition) is 0. The highest BCUT2D eigenvalue weighted by molar-refractivity contribution is 5.85. The highest BCUT2D eigenvalue weighted by Crippen LogP contribution is 2.31. The molecule has 0 spiro atoms. The van der Waals surface area contributed by atoms with E-state index in [0.717, 1.165) is 12.8 Å². The van der Waals surface area contributed by atoms with Gasteiger partial charge in [0.15, 0.2) is 0 Å². The van der Waals surface area contributed by atoms with Crippen molar-refractivity contribution >= 4 is 11.1 Å². The lowest BCUT2D eigenvalue weighted by Gasteiger charge is -2.17. The van der Waals surface area contributed by atoms with Gasteiger partial charge in [0.25, 0.3) is 0 Å². The fourth-order valence-electron chi connectivity index (χ4n) is 2.78. The van der Waals surface area contributed by atoms with Crippen molar-refractivity contribution < 1.29 is 0 Å². The molecule has 0 fully saturated rings. The Morgan fingerprint density at radius 3 is 1.87 bits per heavy atom. The molecule has 2 aromatic carbocycles. The van der Waals surface area contributed by atoms with Crippen LogP contribution in [0.3, 0.4) is 0 Å². The third kappa shape index (κ3) is 4.45. The van der Waals surface area contributed by atoms with Crippen LogP contribution in [0.2, 0.25) is 0 Å². The van der Waals surface area contributed by atoms with Gasteiger partial charge >= 0.3 is 0 Å². The molecule has 0 aliphatic heterocycles. The van der Waals surface area contributed by atoms with Crippen molar-refractivity contribution in [2.24, 2.45) is 5.92 Å². The molecule has 0 nitrogen and oxygen atoms in total. The van der Waals surface area contributed by atoms with Gasteiger partial charge in [0.1, 0.15) is 0 Å². The second-order valence-corrected chi connectivity index (χ2v) is 6.19. The third-order valence-corrected chi connectivity index (χ3v) is 4.63. The van der Waals surface area contributed by atoms with E-state index >= 15 is 0 Å². The zero-order chi connectivity index (χ0) is 16.7. The van der Waals surface area contributed by atoms with Gasteiger partial charge < -0.3 is 0 Å². The predicted molar refractivity (Wildman–Crippen MR) is 103 cm³/mol. The summed E-state index contributed by atoms with van der Waals surface area (Å²) in [4.78, 5) is 0. The van der Waals surface area contributed by atoms with E-state index in [-0.39, 0.29) is 0 Å². The van der Waals surface area contributed by atoms with E-state index in [2.05, 4.69) is 94.4 Å². The highest BCUT2D eigenvalue weighted by atomic mass is 14.2. The summed E-state index contributed by atoms with van der Waals surface area (Å²) in [5, 5.41) is 0. The SMILES string of the molecule is CC/C(C)=C(/C=C(/c1ccccc1)C(C)CC)c1ccccc1. The molecular weight excluding hydrogens is 276 g/mol. The quantitative estimate of drug-likeness (QED) is 0.504. The summed E-state index contributed by atoms with van der Waals surface area (Å²) in [6, 6.07) is 21.5. The summed E-state index contributed by atoms with van der Waals surface area (Å²) in [5.41, 5.74) is 6.88. The van der Waals surface area contributed by atoms with Gasteiger partial charge in [-0.2, -0.15) is 0 Å². The van der Waals surface area contributed by atoms with E-state index in [1.807, 2.05) is 0 Å². The van der Waals surface area contributed by atoms with E-state index in [1.165, 1.54) is 27.8 Å². The first-order valence-corrected chi connectivity index (χ1v) is 8.69. The van der Waals surface area contributed by atoms with Crippen LogP contribution in [0.5, 0.6) is 0 Å². The van der Waals surface area contributed by atoms with Crippen molar-refractivity contribution in [3.63, 3.8) is 0 Å². The second-order valence-electron chi connectivity index (χ2n) is 6.19. The minimum atomic E-state index is 0.542. The Morgan fingerprint density at radius 2 is 1.39 bits per heavy atom. The predicted octanol–water partition coefficient (Wildman–Crippen LogP) is 7.00. The smallest absolute Gasteiger partial charge is 0.0184 e. The van der Waals surface area contributed by atoms with E-state index < -0.39 is 0 Å². The lowest BCUT2D eigenvalue weighted by atomic mass is 9.87. The van der Waals surface area contributed by atoms with Gasteiger partial charge in [-0.15, -0.1) is 0 Å². The molecular formula is C23H28. The van der Waals surface area contributed by atoms with Gasteiger partial charge in [0, 0.05) is 0 Å². The summed E-state index contributed by atoms with van der Waals surface area (Å²) in [7, 11) is 0. The summed E-state index contributed by atoms with van der Waals surface area (Å²) in [6.45, 7) is 9.07. The van der Waals surface area contributed by atoms with Gasteiger partial charge in [0.05, 0.1) is 0 Å². The van der Waals surface area contributed by atoms with Crippen molar-refractivity contribution in [3.05, 3.63) is 83.4 Å². The molecule has 0 bridgehead atoms. The molecule has 1 atom stereocenters. The fourth-order valence-corrected chi connectivity index (χ4v) is 2.78. The number of hydrogen-bond donors (Lipinski definition) is 0. The largest absolute Gasteiger partial charge is 0.0657 e. The Balaban J connectivity index is 2.58. The first-order chi connectivity index (χ1) is 11.2. The van der Waals surface area contributed by atoms with E-state index in [4.69, 9.17) is 0 Å². The zero-order valence-electron chi connectivity index (χ0n) is 14.8. The molecule has 0 aliphatic rings. The molecule has 0 amide bonds. The van der Waals surface area contributed by atoms with Crippen LogP contribution >= 0.6 is 0 Å². The van der Waals surface area contributed by atoms with Crippen molar-refractivity contribution in [3.8, 4) is 0 Å². The molecule has 0 saturated carbocycles. The average Bonchev–Trinajstić information content (AvgIpc) is 2.63. The average molecular weight is 304 g/mol. The Morgan fingerprint density at radius 1 is 0.870 bits per heavy atom. The van der Waals surface area contributed by atoms with Gasteiger partial charge in [-0.1, -0.05) is 93.1 Å². The van der Waals surface area contributed by atoms with Crippen molar-refractivity contribution in [1.82, 2.24) is 0 Å². The Hall–Kier alpha value is -2.08. The van der Waals surface area contributed by atoms with E-state index in [9.17, 15) is 0 Å². The molecule has 0 aromatic heterocycles. The molecule has 0 N–H and O–H groups in total. The van der Waals surface area contributed by atoms with Gasteiger partial charge in [-0.05, 0) is 48.0 Å². The van der Waals surface area contributed by atoms with Crippen LogP contribution in [0.15, 0.2) is 72.3 Å². The monoisotopic (exact) mass is 304 g/mol. The van der Waals surface area contributed by atoms with Crippen LogP contribution in [-0.2, 0) is 0 Å². The number of allylic oxidation sites excluding steroid dienone is 4. The second kappa shape index (κ2) is 8.53. The van der Waals surface area contributed by atoms with Crippen LogP contribution in [-0.4, -0.2) is 0 Å². The van der Waals surface area contributed by atoms with Crippen molar-refractivity contribution in [2.45, 2.75) is 40.5 Å². The topological polar surface area (TPSA) is 0 Å². The van der Waals surface area contributed by atoms with Crippen LogP contribution < -0.4 is 0 Å². The van der Waals surface area contributed by atoms with Crippen LogP contribution in [0.4, 0.5) is 0 Å². The summed E-state index contributed by atoms with van der Waals surface area (Å²) >= 11 is 0. The molecule has 0 heterocycles. The molecule has 2 rings (SSSR count). The van der Waals surface area contributed by atoms with Crippen LogP contribution in [0.25, 0.3) is 11.1 Å². The molecule has 23 heavy (non-hydrogen) atoms. The molecule has 0 heteroatoms. The lowest BCUT2D eigenvalue weighted by Crippen LogP contribution is -1.99. The first kappa shape index (κ1) is 17.3. The zero-order valence-corrected chi connectivity index (χ0v) is 14.8. The Labute approximate surface area is 141 Å². The minimum Gasteiger partial charge on any atom is -0.0657 e. The van der Waals surface area contributed by atoms with E-state index in [0.29, 0.717) is 5.92 Å². The molecule has 0 radical (unpaired) electrons. The highest BCUT2D eigenvalue weighted by Gasteiger charge is 2.12. The summed E-state index contributed by atoms with van der Waals surface area (Å²) in [5.74, 6) is 0.542. The van der Waals surface area contributed by atoms with Crippen molar-refractivity contribution in [2.75, 3.05) is 0 Å². The summed E-state index contributed by atoms with van der Waals surface area (Å²) in [6.07, 6.45) is 4.63. The number of benzene rings is 2. The van der Waals surface area contributed by atoms with Gasteiger partial charge in [-0.25, -0.2) is 0 Å². The maximum Gasteiger partial charge on any atom is -0.0184 e. The van der Waals surface area contributed by atoms with E-state index in [1.54, 1.807) is 0 Å². The molecule has 0 saturated heterocycles. The normalized spacial score (nSPS) is 14.3. The maximum atomic E-state index is 2.41. The molecule has 0 aliphatic carbocycles. The molecule has 2 aromatic rings. The van der Waals surface area contributed by atoms with Crippen LogP contribution in [0.1, 0.15) is 51.7 Å². The lowest BCUT2D eigenvalue weighted by molar-refractivity contribution is 0.718. The third-order valence-electron chi connectivity index (χ3n) is 4.63.